The second kappa shape index (κ2) is 4.94. The molecule has 0 bridgehead atoms. The molecule has 5 nitrogen and oxygen atoms in total. The maximum atomic E-state index is 12.0. The molecule has 2 aliphatic rings. The molecule has 0 aromatic carbocycles. The quantitative estimate of drug-likeness (QED) is 0.749. The van der Waals surface area contributed by atoms with E-state index in [9.17, 15) is 13.2 Å². The first-order valence-corrected chi connectivity index (χ1v) is 8.08. The van der Waals surface area contributed by atoms with Gasteiger partial charge in [0.2, 0.25) is 5.91 Å². The predicted octanol–water partition coefficient (Wildman–Crippen LogP) is -0.368. The van der Waals surface area contributed by atoms with Crippen LogP contribution in [0.3, 0.4) is 0 Å². The van der Waals surface area contributed by atoms with Crippen molar-refractivity contribution >= 4 is 15.7 Å². The van der Waals surface area contributed by atoms with Gasteiger partial charge < -0.3 is 10.2 Å². The molecule has 98 valence electrons. The number of piperidine rings is 1. The van der Waals surface area contributed by atoms with Gasteiger partial charge in [0.15, 0.2) is 9.84 Å². The van der Waals surface area contributed by atoms with Crippen molar-refractivity contribution in [2.24, 2.45) is 5.92 Å². The summed E-state index contributed by atoms with van der Waals surface area (Å²) in [6.07, 6.45) is 1.97. The maximum Gasteiger partial charge on any atom is 0.227 e. The van der Waals surface area contributed by atoms with E-state index in [4.69, 9.17) is 0 Å². The molecule has 0 aromatic heterocycles. The summed E-state index contributed by atoms with van der Waals surface area (Å²) in [7, 11) is -2.98. The van der Waals surface area contributed by atoms with Gasteiger partial charge in [-0.3, -0.25) is 4.79 Å². The molecular weight excluding hydrogens is 240 g/mol. The van der Waals surface area contributed by atoms with Crippen LogP contribution in [0.1, 0.15) is 19.8 Å². The first-order chi connectivity index (χ1) is 8.03. The van der Waals surface area contributed by atoms with Gasteiger partial charge >= 0.3 is 0 Å². The van der Waals surface area contributed by atoms with Gasteiger partial charge in [0.05, 0.1) is 11.7 Å². The summed E-state index contributed by atoms with van der Waals surface area (Å²) in [4.78, 5) is 13.7. The fourth-order valence-electron chi connectivity index (χ4n) is 2.60. The normalized spacial score (nSPS) is 29.5. The lowest BCUT2D eigenvalue weighted by Gasteiger charge is -2.23. The van der Waals surface area contributed by atoms with E-state index < -0.39 is 9.84 Å². The predicted molar refractivity (Wildman–Crippen MR) is 65.4 cm³/mol. The molecule has 2 unspecified atom stereocenters. The topological polar surface area (TPSA) is 66.5 Å². The zero-order chi connectivity index (χ0) is 12.5. The standard InChI is InChI=1S/C11H20N2O3S/c1-2-17(15,16)7-6-13-8-10-9(11(13)14)4-3-5-12-10/h9-10,12H,2-8H2,1H3. The van der Waals surface area contributed by atoms with E-state index in [1.807, 2.05) is 0 Å². The van der Waals surface area contributed by atoms with Crippen LogP contribution < -0.4 is 5.32 Å². The Labute approximate surface area is 102 Å². The van der Waals surface area contributed by atoms with Crippen LogP contribution in [0.4, 0.5) is 0 Å². The van der Waals surface area contributed by atoms with Crippen molar-refractivity contribution in [3.63, 3.8) is 0 Å². The van der Waals surface area contributed by atoms with Gasteiger partial charge in [0.1, 0.15) is 0 Å². The molecule has 2 heterocycles. The number of nitrogens with one attached hydrogen (secondary N) is 1. The lowest BCUT2D eigenvalue weighted by Crippen LogP contribution is -2.41. The largest absolute Gasteiger partial charge is 0.340 e. The molecule has 1 N–H and O–H groups in total. The Balaban J connectivity index is 1.93. The van der Waals surface area contributed by atoms with E-state index >= 15 is 0 Å². The van der Waals surface area contributed by atoms with Gasteiger partial charge in [0.25, 0.3) is 0 Å². The number of amides is 1. The molecule has 17 heavy (non-hydrogen) atoms. The van der Waals surface area contributed by atoms with Crippen LogP contribution in [-0.4, -0.2) is 56.4 Å². The van der Waals surface area contributed by atoms with Crippen molar-refractivity contribution in [1.29, 1.82) is 0 Å². The Kier molecular flexibility index (Phi) is 3.73. The summed E-state index contributed by atoms with van der Waals surface area (Å²) in [6, 6.07) is 0.237. The second-order valence-corrected chi connectivity index (χ2v) is 7.30. The molecule has 0 spiro atoms. The van der Waals surface area contributed by atoms with E-state index in [0.717, 1.165) is 19.4 Å². The van der Waals surface area contributed by atoms with Crippen molar-refractivity contribution < 1.29 is 13.2 Å². The smallest absolute Gasteiger partial charge is 0.227 e. The number of sulfone groups is 1. The molecule has 0 aliphatic carbocycles. The van der Waals surface area contributed by atoms with Crippen LogP contribution in [0.2, 0.25) is 0 Å². The molecule has 2 atom stereocenters. The van der Waals surface area contributed by atoms with Crippen LogP contribution in [-0.2, 0) is 14.6 Å². The monoisotopic (exact) mass is 260 g/mol. The van der Waals surface area contributed by atoms with E-state index in [1.54, 1.807) is 11.8 Å². The van der Waals surface area contributed by atoms with Crippen LogP contribution in [0.5, 0.6) is 0 Å². The number of carbonyl (C=O) groups is 1. The highest BCUT2D eigenvalue weighted by molar-refractivity contribution is 7.91. The Hall–Kier alpha value is -0.620. The van der Waals surface area contributed by atoms with Crippen molar-refractivity contribution in [3.05, 3.63) is 0 Å². The van der Waals surface area contributed by atoms with Crippen molar-refractivity contribution in [2.75, 3.05) is 31.1 Å². The van der Waals surface area contributed by atoms with E-state index in [0.29, 0.717) is 13.1 Å². The third kappa shape index (κ3) is 2.80. The molecule has 2 rings (SSSR count). The molecule has 6 heteroatoms. The lowest BCUT2D eigenvalue weighted by atomic mass is 9.94. The molecular formula is C11H20N2O3S. The van der Waals surface area contributed by atoms with Gasteiger partial charge in [-0.25, -0.2) is 8.42 Å². The first kappa shape index (κ1) is 12.8. The minimum atomic E-state index is -2.98. The van der Waals surface area contributed by atoms with E-state index in [1.165, 1.54) is 0 Å². The highest BCUT2D eigenvalue weighted by Crippen LogP contribution is 2.26. The van der Waals surface area contributed by atoms with Gasteiger partial charge in [-0.1, -0.05) is 6.92 Å². The third-order valence-electron chi connectivity index (χ3n) is 3.74. The third-order valence-corrected chi connectivity index (χ3v) is 5.43. The molecule has 2 saturated heterocycles. The number of likely N-dealkylation sites (tertiary alicyclic amines) is 1. The minimum absolute atomic E-state index is 0.0769. The molecule has 2 fully saturated rings. The zero-order valence-corrected chi connectivity index (χ0v) is 11.0. The number of fused-ring (bicyclic) bond motifs is 1. The highest BCUT2D eigenvalue weighted by Gasteiger charge is 2.41. The summed E-state index contributed by atoms with van der Waals surface area (Å²) in [5, 5.41) is 3.34. The zero-order valence-electron chi connectivity index (χ0n) is 10.2. The van der Waals surface area contributed by atoms with Gasteiger partial charge in [0, 0.05) is 24.9 Å². The van der Waals surface area contributed by atoms with Gasteiger partial charge in [-0.05, 0) is 19.4 Å². The lowest BCUT2D eigenvalue weighted by molar-refractivity contribution is -0.131. The highest BCUT2D eigenvalue weighted by atomic mass is 32.2. The fraction of sp³-hybridized carbons (Fsp3) is 0.909. The van der Waals surface area contributed by atoms with Gasteiger partial charge in [-0.2, -0.15) is 0 Å². The fourth-order valence-corrected chi connectivity index (χ4v) is 3.38. The number of carbonyl (C=O) groups excluding carboxylic acids is 1. The SMILES string of the molecule is CCS(=O)(=O)CCN1CC2NCCCC2C1=O. The number of nitrogens with zero attached hydrogens (tertiary/aromatic N) is 1. The summed E-state index contributed by atoms with van der Waals surface area (Å²) in [5.74, 6) is 0.455. The first-order valence-electron chi connectivity index (χ1n) is 6.26. The number of hydrogen-bond acceptors (Lipinski definition) is 4. The Morgan fingerprint density at radius 2 is 2.24 bits per heavy atom. The van der Waals surface area contributed by atoms with Crippen LogP contribution in [0.25, 0.3) is 0 Å². The number of rotatable bonds is 4. The van der Waals surface area contributed by atoms with Crippen LogP contribution in [0.15, 0.2) is 0 Å². The Bertz CT molecular complexity index is 394. The number of hydrogen-bond donors (Lipinski definition) is 1. The van der Waals surface area contributed by atoms with Crippen molar-refractivity contribution in [1.82, 2.24) is 10.2 Å². The maximum absolute atomic E-state index is 12.0. The summed E-state index contributed by atoms with van der Waals surface area (Å²) in [5.41, 5.74) is 0. The van der Waals surface area contributed by atoms with E-state index in [-0.39, 0.29) is 29.4 Å². The van der Waals surface area contributed by atoms with Crippen LogP contribution >= 0.6 is 0 Å². The summed E-state index contributed by atoms with van der Waals surface area (Å²) >= 11 is 0. The molecule has 0 aromatic rings. The van der Waals surface area contributed by atoms with Crippen molar-refractivity contribution in [2.45, 2.75) is 25.8 Å². The molecule has 2 aliphatic heterocycles. The van der Waals surface area contributed by atoms with Crippen LogP contribution in [0, 0.1) is 5.92 Å². The second-order valence-electron chi connectivity index (χ2n) is 4.83. The molecule has 1 amide bonds. The molecule has 0 radical (unpaired) electrons. The Morgan fingerprint density at radius 1 is 1.47 bits per heavy atom. The van der Waals surface area contributed by atoms with Crippen molar-refractivity contribution in [3.8, 4) is 0 Å². The minimum Gasteiger partial charge on any atom is -0.340 e. The average Bonchev–Trinajstić information content (AvgIpc) is 2.65. The van der Waals surface area contributed by atoms with Gasteiger partial charge in [-0.15, -0.1) is 0 Å². The van der Waals surface area contributed by atoms with E-state index in [2.05, 4.69) is 5.32 Å². The summed E-state index contributed by atoms with van der Waals surface area (Å²) < 4.78 is 22.8. The summed E-state index contributed by atoms with van der Waals surface area (Å²) in [6.45, 7) is 3.63. The average molecular weight is 260 g/mol. The molecule has 0 saturated carbocycles. The Morgan fingerprint density at radius 3 is 2.88 bits per heavy atom.